The zero-order valence-corrected chi connectivity index (χ0v) is 13.0. The van der Waals surface area contributed by atoms with Crippen LogP contribution in [0.15, 0.2) is 30.3 Å². The van der Waals surface area contributed by atoms with Gasteiger partial charge in [0, 0.05) is 20.0 Å². The molecule has 1 aliphatic heterocycles. The number of carbonyl (C=O) groups excluding carboxylic acids is 1. The molecule has 1 amide bonds. The van der Waals surface area contributed by atoms with Crippen LogP contribution in [-0.2, 0) is 4.79 Å². The average Bonchev–Trinajstić information content (AvgIpc) is 2.79. The van der Waals surface area contributed by atoms with Crippen molar-refractivity contribution in [1.29, 1.82) is 0 Å². The zero-order chi connectivity index (χ0) is 14.8. The molecule has 2 unspecified atom stereocenters. The minimum absolute atomic E-state index is 0. The van der Waals surface area contributed by atoms with Crippen molar-refractivity contribution in [3.8, 4) is 0 Å². The van der Waals surface area contributed by atoms with E-state index in [-0.39, 0.29) is 24.2 Å². The maximum atomic E-state index is 13.1. The lowest BCUT2D eigenvalue weighted by atomic mass is 10.0. The second kappa shape index (κ2) is 7.18. The number of amides is 1. The Balaban J connectivity index is 0.00000220. The van der Waals surface area contributed by atoms with E-state index in [2.05, 4.69) is 5.32 Å². The Morgan fingerprint density at radius 3 is 2.57 bits per heavy atom. The zero-order valence-electron chi connectivity index (χ0n) is 12.2. The first kappa shape index (κ1) is 17.9. The summed E-state index contributed by atoms with van der Waals surface area (Å²) in [4.78, 5) is 13.7. The molecule has 1 N–H and O–H groups in total. The topological polar surface area (TPSA) is 32.3 Å². The average molecular weight is 319 g/mol. The van der Waals surface area contributed by atoms with Gasteiger partial charge in [-0.3, -0.25) is 10.1 Å². The van der Waals surface area contributed by atoms with Crippen LogP contribution in [-0.4, -0.2) is 42.9 Å². The van der Waals surface area contributed by atoms with Gasteiger partial charge in [0.15, 0.2) is 0 Å². The van der Waals surface area contributed by atoms with Gasteiger partial charge in [-0.15, -0.1) is 12.4 Å². The van der Waals surface area contributed by atoms with E-state index in [0.29, 0.717) is 6.54 Å². The number of halogens is 3. The standard InChI is InChI=1S/C15H20F2N2O.ClH/c1-11(12-6-4-3-5-7-12)9-19(2)14(20)13-8-15(16,17)10-18-13;/h3-7,11,13,18H,8-10H2,1-2H3;1H. The Morgan fingerprint density at radius 2 is 2.05 bits per heavy atom. The molecule has 118 valence electrons. The summed E-state index contributed by atoms with van der Waals surface area (Å²) in [6.07, 6.45) is -0.407. The monoisotopic (exact) mass is 318 g/mol. The molecule has 0 aromatic heterocycles. The number of likely N-dealkylation sites (N-methyl/N-ethyl adjacent to an activating group) is 1. The van der Waals surface area contributed by atoms with Gasteiger partial charge < -0.3 is 4.90 Å². The fourth-order valence-electron chi connectivity index (χ4n) is 2.54. The summed E-state index contributed by atoms with van der Waals surface area (Å²) in [5, 5.41) is 2.60. The summed E-state index contributed by atoms with van der Waals surface area (Å²) >= 11 is 0. The first-order valence-corrected chi connectivity index (χ1v) is 6.80. The van der Waals surface area contributed by atoms with Crippen LogP contribution in [0, 0.1) is 0 Å². The third-order valence-electron chi connectivity index (χ3n) is 3.70. The lowest BCUT2D eigenvalue weighted by Crippen LogP contribution is -2.42. The first-order chi connectivity index (χ1) is 9.39. The molecule has 6 heteroatoms. The summed E-state index contributed by atoms with van der Waals surface area (Å²) in [6.45, 7) is 2.13. The summed E-state index contributed by atoms with van der Waals surface area (Å²) < 4.78 is 26.2. The van der Waals surface area contributed by atoms with Crippen LogP contribution in [0.25, 0.3) is 0 Å². The SMILES string of the molecule is CC(CN(C)C(=O)C1CC(F)(F)CN1)c1ccccc1.Cl. The van der Waals surface area contributed by atoms with E-state index in [0.717, 1.165) is 5.56 Å². The van der Waals surface area contributed by atoms with Crippen molar-refractivity contribution in [3.05, 3.63) is 35.9 Å². The van der Waals surface area contributed by atoms with Crippen molar-refractivity contribution < 1.29 is 13.6 Å². The summed E-state index contributed by atoms with van der Waals surface area (Å²) in [5.74, 6) is -2.86. The molecular weight excluding hydrogens is 298 g/mol. The van der Waals surface area contributed by atoms with Gasteiger partial charge in [-0.25, -0.2) is 8.78 Å². The van der Waals surface area contributed by atoms with Gasteiger partial charge in [-0.2, -0.15) is 0 Å². The van der Waals surface area contributed by atoms with Crippen molar-refractivity contribution in [1.82, 2.24) is 10.2 Å². The molecule has 1 aliphatic rings. The largest absolute Gasteiger partial charge is 0.344 e. The van der Waals surface area contributed by atoms with E-state index in [1.54, 1.807) is 7.05 Å². The molecule has 2 rings (SSSR count). The van der Waals surface area contributed by atoms with E-state index in [4.69, 9.17) is 0 Å². The van der Waals surface area contributed by atoms with E-state index < -0.39 is 24.9 Å². The Morgan fingerprint density at radius 1 is 1.43 bits per heavy atom. The highest BCUT2D eigenvalue weighted by Gasteiger charge is 2.43. The van der Waals surface area contributed by atoms with Gasteiger partial charge in [0.05, 0.1) is 12.6 Å². The fourth-order valence-corrected chi connectivity index (χ4v) is 2.54. The highest BCUT2D eigenvalue weighted by atomic mass is 35.5. The molecule has 0 radical (unpaired) electrons. The molecule has 1 aromatic carbocycles. The number of nitrogens with one attached hydrogen (secondary N) is 1. The van der Waals surface area contributed by atoms with Crippen molar-refractivity contribution in [3.63, 3.8) is 0 Å². The summed E-state index contributed by atoms with van der Waals surface area (Å²) in [6, 6.07) is 9.09. The predicted molar refractivity (Wildman–Crippen MR) is 81.1 cm³/mol. The molecule has 0 saturated carbocycles. The van der Waals surface area contributed by atoms with Gasteiger partial charge in [-0.1, -0.05) is 37.3 Å². The second-order valence-electron chi connectivity index (χ2n) is 5.52. The van der Waals surface area contributed by atoms with Crippen LogP contribution in [0.3, 0.4) is 0 Å². The number of benzene rings is 1. The molecule has 2 atom stereocenters. The van der Waals surface area contributed by atoms with Crippen molar-refractivity contribution in [2.75, 3.05) is 20.1 Å². The normalized spacial score (nSPS) is 21.4. The van der Waals surface area contributed by atoms with E-state index in [9.17, 15) is 13.6 Å². The van der Waals surface area contributed by atoms with Gasteiger partial charge in [0.1, 0.15) is 0 Å². The maximum absolute atomic E-state index is 13.1. The number of rotatable bonds is 4. The number of alkyl halides is 2. The van der Waals surface area contributed by atoms with Crippen LogP contribution in [0.1, 0.15) is 24.8 Å². The number of hydrogen-bond donors (Lipinski definition) is 1. The Bertz CT molecular complexity index is 470. The lowest BCUT2D eigenvalue weighted by Gasteiger charge is -2.24. The second-order valence-corrected chi connectivity index (χ2v) is 5.52. The Hall–Kier alpha value is -1.20. The molecule has 3 nitrogen and oxygen atoms in total. The fraction of sp³-hybridized carbons (Fsp3) is 0.533. The van der Waals surface area contributed by atoms with E-state index in [1.165, 1.54) is 4.90 Å². The van der Waals surface area contributed by atoms with Gasteiger partial charge in [0.2, 0.25) is 5.91 Å². The van der Waals surface area contributed by atoms with Crippen molar-refractivity contribution >= 4 is 18.3 Å². The van der Waals surface area contributed by atoms with Gasteiger partial charge >= 0.3 is 0 Å². The lowest BCUT2D eigenvalue weighted by molar-refractivity contribution is -0.132. The van der Waals surface area contributed by atoms with E-state index >= 15 is 0 Å². The van der Waals surface area contributed by atoms with Crippen LogP contribution < -0.4 is 5.32 Å². The summed E-state index contributed by atoms with van der Waals surface area (Å²) in [7, 11) is 1.67. The summed E-state index contributed by atoms with van der Waals surface area (Å²) in [5.41, 5.74) is 1.14. The minimum Gasteiger partial charge on any atom is -0.344 e. The maximum Gasteiger partial charge on any atom is 0.262 e. The predicted octanol–water partition coefficient (Wildman–Crippen LogP) is 2.67. The third-order valence-corrected chi connectivity index (χ3v) is 3.70. The molecule has 0 aliphatic carbocycles. The molecule has 1 saturated heterocycles. The molecular formula is C15H21ClF2N2O. The van der Waals surface area contributed by atoms with E-state index in [1.807, 2.05) is 37.3 Å². The highest BCUT2D eigenvalue weighted by molar-refractivity contribution is 5.85. The quantitative estimate of drug-likeness (QED) is 0.925. The highest BCUT2D eigenvalue weighted by Crippen LogP contribution is 2.26. The van der Waals surface area contributed by atoms with Gasteiger partial charge in [0.25, 0.3) is 5.92 Å². The Labute approximate surface area is 130 Å². The van der Waals surface area contributed by atoms with Crippen LogP contribution in [0.5, 0.6) is 0 Å². The number of nitrogens with zero attached hydrogens (tertiary/aromatic N) is 1. The number of carbonyl (C=O) groups is 1. The van der Waals surface area contributed by atoms with Crippen molar-refractivity contribution in [2.45, 2.75) is 31.2 Å². The molecule has 0 bridgehead atoms. The van der Waals surface area contributed by atoms with Crippen LogP contribution in [0.4, 0.5) is 8.78 Å². The number of hydrogen-bond acceptors (Lipinski definition) is 2. The Kier molecular flexibility index (Phi) is 6.10. The molecule has 1 fully saturated rings. The smallest absolute Gasteiger partial charge is 0.262 e. The molecule has 21 heavy (non-hydrogen) atoms. The van der Waals surface area contributed by atoms with Crippen LogP contribution in [0.2, 0.25) is 0 Å². The molecule has 1 aromatic rings. The minimum atomic E-state index is -2.77. The van der Waals surface area contributed by atoms with Gasteiger partial charge in [-0.05, 0) is 11.5 Å². The molecule has 1 heterocycles. The molecule has 0 spiro atoms. The van der Waals surface area contributed by atoms with Crippen molar-refractivity contribution in [2.24, 2.45) is 0 Å². The third kappa shape index (κ3) is 4.64. The van der Waals surface area contributed by atoms with Crippen LogP contribution >= 0.6 is 12.4 Å². The first-order valence-electron chi connectivity index (χ1n) is 6.80.